The molecule has 1 fully saturated rings. The summed E-state index contributed by atoms with van der Waals surface area (Å²) in [5, 5.41) is 9.23. The number of ether oxygens (including phenoxy) is 1. The summed E-state index contributed by atoms with van der Waals surface area (Å²) in [6, 6.07) is 23.4. The molecule has 2 aliphatic heterocycles. The molecule has 3 aliphatic rings. The fourth-order valence-corrected chi connectivity index (χ4v) is 6.27. The lowest BCUT2D eigenvalue weighted by molar-refractivity contribution is 0.0539. The zero-order chi connectivity index (χ0) is 24.6. The lowest BCUT2D eigenvalue weighted by atomic mass is 9.81. The number of piperidine rings is 1. The van der Waals surface area contributed by atoms with Crippen molar-refractivity contribution in [2.45, 2.75) is 50.1 Å². The zero-order valence-corrected chi connectivity index (χ0v) is 20.0. The van der Waals surface area contributed by atoms with Crippen molar-refractivity contribution in [2.24, 2.45) is 0 Å². The van der Waals surface area contributed by atoms with Crippen LogP contribution in [0.1, 0.15) is 53.9 Å². The molecule has 0 N–H and O–H groups in total. The minimum Gasteiger partial charge on any atom is -0.448 e. The number of hydrogen-bond acceptors (Lipinski definition) is 3. The van der Waals surface area contributed by atoms with Crippen LogP contribution in [0.5, 0.6) is 0 Å². The molecular weight excluding hydrogens is 451 g/mol. The number of benzene rings is 3. The Bertz CT molecular complexity index is 1360. The van der Waals surface area contributed by atoms with Crippen molar-refractivity contribution in [3.8, 4) is 17.2 Å². The summed E-state index contributed by atoms with van der Waals surface area (Å²) >= 11 is 0. The van der Waals surface area contributed by atoms with E-state index >= 15 is 0 Å². The second kappa shape index (κ2) is 9.28. The van der Waals surface area contributed by atoms with Gasteiger partial charge in [-0.15, -0.1) is 0 Å². The van der Waals surface area contributed by atoms with Gasteiger partial charge in [-0.3, -0.25) is 4.90 Å². The number of carbonyl (C=O) groups is 1. The number of carbonyl (C=O) groups excluding carboxylic acids is 1. The quantitative estimate of drug-likeness (QED) is 0.412. The van der Waals surface area contributed by atoms with Gasteiger partial charge in [0.05, 0.1) is 18.5 Å². The van der Waals surface area contributed by atoms with Crippen LogP contribution in [0.3, 0.4) is 0 Å². The minimum absolute atomic E-state index is 0.0117. The van der Waals surface area contributed by atoms with E-state index in [1.807, 2.05) is 29.2 Å². The van der Waals surface area contributed by atoms with E-state index in [0.29, 0.717) is 13.0 Å². The van der Waals surface area contributed by atoms with Crippen molar-refractivity contribution in [2.75, 3.05) is 6.61 Å². The smallest absolute Gasteiger partial charge is 0.410 e. The molecule has 1 aliphatic carbocycles. The first kappa shape index (κ1) is 22.5. The Morgan fingerprint density at radius 3 is 2.42 bits per heavy atom. The predicted molar refractivity (Wildman–Crippen MR) is 137 cm³/mol. The highest BCUT2D eigenvalue weighted by Crippen LogP contribution is 2.45. The van der Waals surface area contributed by atoms with E-state index in [0.717, 1.165) is 36.0 Å². The average Bonchev–Trinajstić information content (AvgIpc) is 3.21. The fourth-order valence-electron chi connectivity index (χ4n) is 6.27. The molecule has 6 rings (SSSR count). The van der Waals surface area contributed by atoms with E-state index in [1.165, 1.54) is 34.4 Å². The lowest BCUT2D eigenvalue weighted by Crippen LogP contribution is -2.52. The SMILES string of the molecule is N#CCc1ccc(F)cc1C1=CC2CCCC(C1)N2C(=O)OCC1c2ccccc2-c2ccccc21. The van der Waals surface area contributed by atoms with Crippen molar-refractivity contribution >= 4 is 11.7 Å². The standard InChI is InChI=1S/C31H27FN2O2/c32-22-13-12-20(14-15-33)29(18-22)21-16-23-6-5-7-24(17-21)34(23)31(35)36-19-30-27-10-3-1-8-25(27)26-9-2-4-11-28(26)30/h1-4,8-13,16,18,23-24,30H,5-7,14,17,19H2. The number of fused-ring (bicyclic) bond motifs is 5. The Morgan fingerprint density at radius 1 is 1.00 bits per heavy atom. The van der Waals surface area contributed by atoms with Crippen LogP contribution in [0.2, 0.25) is 0 Å². The highest BCUT2D eigenvalue weighted by molar-refractivity contribution is 5.79. The van der Waals surface area contributed by atoms with Crippen molar-refractivity contribution in [1.29, 1.82) is 5.26 Å². The van der Waals surface area contributed by atoms with Gasteiger partial charge in [-0.05, 0) is 76.8 Å². The molecule has 3 aromatic carbocycles. The summed E-state index contributed by atoms with van der Waals surface area (Å²) in [6.07, 6.45) is 5.47. The minimum atomic E-state index is -0.309. The topological polar surface area (TPSA) is 53.3 Å². The van der Waals surface area contributed by atoms with Crippen LogP contribution in [0.4, 0.5) is 9.18 Å². The number of hydrogen-bond donors (Lipinski definition) is 0. The Labute approximate surface area is 210 Å². The first-order valence-corrected chi connectivity index (χ1v) is 12.6. The lowest BCUT2D eigenvalue weighted by Gasteiger charge is -2.44. The summed E-state index contributed by atoms with van der Waals surface area (Å²) in [5.74, 6) is -0.283. The molecule has 0 spiro atoms. The van der Waals surface area contributed by atoms with Crippen molar-refractivity contribution in [3.63, 3.8) is 0 Å². The van der Waals surface area contributed by atoms with Crippen LogP contribution in [-0.2, 0) is 11.2 Å². The highest BCUT2D eigenvalue weighted by Gasteiger charge is 2.39. The molecule has 180 valence electrons. The van der Waals surface area contributed by atoms with Gasteiger partial charge < -0.3 is 4.74 Å². The maximum Gasteiger partial charge on any atom is 0.410 e. The molecular formula is C31H27FN2O2. The van der Waals surface area contributed by atoms with E-state index in [1.54, 1.807) is 6.07 Å². The fraction of sp³-hybridized carbons (Fsp3) is 0.290. The summed E-state index contributed by atoms with van der Waals surface area (Å²) < 4.78 is 20.1. The molecule has 2 heterocycles. The normalized spacial score (nSPS) is 20.2. The third-order valence-corrected chi connectivity index (χ3v) is 7.87. The van der Waals surface area contributed by atoms with Crippen LogP contribution < -0.4 is 0 Å². The second-order valence-electron chi connectivity index (χ2n) is 9.90. The molecule has 4 nitrogen and oxygen atoms in total. The molecule has 36 heavy (non-hydrogen) atoms. The van der Waals surface area contributed by atoms with Gasteiger partial charge in [0.1, 0.15) is 12.4 Å². The Kier molecular flexibility index (Phi) is 5.81. The average molecular weight is 479 g/mol. The largest absolute Gasteiger partial charge is 0.448 e. The Morgan fingerprint density at radius 2 is 1.72 bits per heavy atom. The van der Waals surface area contributed by atoms with Crippen LogP contribution >= 0.6 is 0 Å². The maximum atomic E-state index is 14.1. The monoisotopic (exact) mass is 478 g/mol. The Balaban J connectivity index is 1.23. The molecule has 2 bridgehead atoms. The van der Waals surface area contributed by atoms with Gasteiger partial charge >= 0.3 is 6.09 Å². The third-order valence-electron chi connectivity index (χ3n) is 7.87. The molecule has 5 heteroatoms. The van der Waals surface area contributed by atoms with E-state index in [2.05, 4.69) is 36.4 Å². The van der Waals surface area contributed by atoms with Gasteiger partial charge in [-0.1, -0.05) is 60.7 Å². The number of halogens is 1. The maximum absolute atomic E-state index is 14.1. The predicted octanol–water partition coefficient (Wildman–Crippen LogP) is 6.85. The zero-order valence-electron chi connectivity index (χ0n) is 20.0. The molecule has 1 saturated heterocycles. The highest BCUT2D eigenvalue weighted by atomic mass is 19.1. The number of nitrogens with zero attached hydrogens (tertiary/aromatic N) is 2. The Hall–Kier alpha value is -3.91. The first-order chi connectivity index (χ1) is 17.6. The number of amides is 1. The molecule has 3 aromatic rings. The van der Waals surface area contributed by atoms with Gasteiger partial charge in [-0.2, -0.15) is 5.26 Å². The molecule has 2 unspecified atom stereocenters. The van der Waals surface area contributed by atoms with Crippen molar-refractivity contribution in [3.05, 3.63) is 101 Å². The molecule has 0 saturated carbocycles. The van der Waals surface area contributed by atoms with E-state index in [9.17, 15) is 14.4 Å². The van der Waals surface area contributed by atoms with E-state index in [-0.39, 0.29) is 36.3 Å². The van der Waals surface area contributed by atoms with E-state index in [4.69, 9.17) is 4.74 Å². The summed E-state index contributed by atoms with van der Waals surface area (Å²) in [6.45, 7) is 0.301. The molecule has 0 aromatic heterocycles. The second-order valence-corrected chi connectivity index (χ2v) is 9.90. The van der Waals surface area contributed by atoms with Gasteiger partial charge in [0.25, 0.3) is 0 Å². The van der Waals surface area contributed by atoms with Crippen molar-refractivity contribution in [1.82, 2.24) is 4.90 Å². The summed E-state index contributed by atoms with van der Waals surface area (Å²) in [4.78, 5) is 15.3. The van der Waals surface area contributed by atoms with E-state index < -0.39 is 0 Å². The molecule has 1 amide bonds. The van der Waals surface area contributed by atoms with Crippen LogP contribution in [0, 0.1) is 17.1 Å². The van der Waals surface area contributed by atoms with Gasteiger partial charge in [0.2, 0.25) is 0 Å². The van der Waals surface area contributed by atoms with Crippen LogP contribution in [0.15, 0.2) is 72.8 Å². The van der Waals surface area contributed by atoms with Gasteiger partial charge in [-0.25, -0.2) is 9.18 Å². The van der Waals surface area contributed by atoms with Gasteiger partial charge in [0, 0.05) is 12.0 Å². The molecule has 0 radical (unpaired) electrons. The first-order valence-electron chi connectivity index (χ1n) is 12.6. The van der Waals surface area contributed by atoms with Crippen LogP contribution in [0.25, 0.3) is 16.7 Å². The molecule has 2 atom stereocenters. The number of rotatable bonds is 4. The summed E-state index contributed by atoms with van der Waals surface area (Å²) in [7, 11) is 0. The van der Waals surface area contributed by atoms with Crippen molar-refractivity contribution < 1.29 is 13.9 Å². The number of nitriles is 1. The van der Waals surface area contributed by atoms with Gasteiger partial charge in [0.15, 0.2) is 0 Å². The third kappa shape index (κ3) is 3.87. The summed E-state index contributed by atoms with van der Waals surface area (Å²) in [5.41, 5.74) is 7.46. The van der Waals surface area contributed by atoms with Crippen LogP contribution in [-0.4, -0.2) is 29.7 Å².